The van der Waals surface area contributed by atoms with Gasteiger partial charge in [-0.2, -0.15) is 0 Å². The molecule has 2 rings (SSSR count). The van der Waals surface area contributed by atoms with Crippen LogP contribution in [0.1, 0.15) is 23.7 Å². The van der Waals surface area contributed by atoms with E-state index in [-0.39, 0.29) is 17.1 Å². The van der Waals surface area contributed by atoms with Crippen LogP contribution in [0.3, 0.4) is 0 Å². The van der Waals surface area contributed by atoms with Gasteiger partial charge in [-0.1, -0.05) is 12.1 Å². The maximum Gasteiger partial charge on any atom is 0.253 e. The fourth-order valence-corrected chi connectivity index (χ4v) is 3.32. The summed E-state index contributed by atoms with van der Waals surface area (Å²) >= 11 is 1.44. The molecular formula is C21H26N2O4S. The molecule has 0 unspecified atom stereocenters. The molecule has 0 aliphatic heterocycles. The normalized spacial score (nSPS) is 11.5. The highest BCUT2D eigenvalue weighted by atomic mass is 32.2. The Balaban J connectivity index is 1.97. The lowest BCUT2D eigenvalue weighted by Gasteiger charge is -2.15. The highest BCUT2D eigenvalue weighted by Gasteiger charge is 2.18. The number of anilines is 1. The molecule has 0 spiro atoms. The lowest BCUT2D eigenvalue weighted by atomic mass is 10.1. The maximum absolute atomic E-state index is 12.6. The van der Waals surface area contributed by atoms with Crippen LogP contribution in [-0.2, 0) is 9.53 Å². The van der Waals surface area contributed by atoms with Crippen molar-refractivity contribution in [2.45, 2.75) is 23.5 Å². The number of hydrogen-bond donors (Lipinski definition) is 2. The number of amides is 2. The van der Waals surface area contributed by atoms with Crippen molar-refractivity contribution < 1.29 is 19.1 Å². The van der Waals surface area contributed by atoms with E-state index in [2.05, 4.69) is 10.6 Å². The minimum atomic E-state index is -0.328. The van der Waals surface area contributed by atoms with Crippen LogP contribution in [0.5, 0.6) is 5.75 Å². The third-order valence-corrected chi connectivity index (χ3v) is 5.09. The highest BCUT2D eigenvalue weighted by molar-refractivity contribution is 8.00. The van der Waals surface area contributed by atoms with E-state index in [1.54, 1.807) is 38.5 Å². The molecular weight excluding hydrogens is 376 g/mol. The van der Waals surface area contributed by atoms with Crippen molar-refractivity contribution in [3.63, 3.8) is 0 Å². The molecule has 1 atom stereocenters. The zero-order valence-corrected chi connectivity index (χ0v) is 17.2. The Kier molecular flexibility index (Phi) is 8.84. The summed E-state index contributed by atoms with van der Waals surface area (Å²) in [5, 5.41) is 5.38. The average Bonchev–Trinajstić information content (AvgIpc) is 2.72. The van der Waals surface area contributed by atoms with Crippen LogP contribution < -0.4 is 15.4 Å². The third kappa shape index (κ3) is 6.58. The fourth-order valence-electron chi connectivity index (χ4n) is 2.45. The summed E-state index contributed by atoms with van der Waals surface area (Å²) in [5.41, 5.74) is 0.939. The SMILES string of the molecule is COCCCNC(=O)c1ccccc1NC(=O)[C@@H](C)Sc1ccc(OC)cc1. The summed E-state index contributed by atoms with van der Waals surface area (Å²) in [7, 11) is 3.24. The Morgan fingerprint density at radius 3 is 2.46 bits per heavy atom. The first-order valence-electron chi connectivity index (χ1n) is 9.03. The number of carbonyl (C=O) groups is 2. The summed E-state index contributed by atoms with van der Waals surface area (Å²) in [6, 6.07) is 14.5. The maximum atomic E-state index is 12.6. The van der Waals surface area contributed by atoms with E-state index in [9.17, 15) is 9.59 Å². The molecule has 2 aromatic carbocycles. The molecule has 0 aliphatic rings. The second-order valence-electron chi connectivity index (χ2n) is 6.07. The van der Waals surface area contributed by atoms with Gasteiger partial charge in [0.05, 0.1) is 23.6 Å². The molecule has 2 amide bonds. The molecule has 7 heteroatoms. The third-order valence-electron chi connectivity index (χ3n) is 3.98. The molecule has 6 nitrogen and oxygen atoms in total. The number of methoxy groups -OCH3 is 2. The largest absolute Gasteiger partial charge is 0.497 e. The Hall–Kier alpha value is -2.51. The number of para-hydroxylation sites is 1. The molecule has 0 radical (unpaired) electrons. The summed E-state index contributed by atoms with van der Waals surface area (Å²) < 4.78 is 10.1. The van der Waals surface area contributed by atoms with Crippen LogP contribution in [0.2, 0.25) is 0 Å². The van der Waals surface area contributed by atoms with Gasteiger partial charge in [0, 0.05) is 25.2 Å². The van der Waals surface area contributed by atoms with Crippen LogP contribution in [0.25, 0.3) is 0 Å². The minimum absolute atomic E-state index is 0.166. The highest BCUT2D eigenvalue weighted by Crippen LogP contribution is 2.26. The predicted molar refractivity (Wildman–Crippen MR) is 112 cm³/mol. The lowest BCUT2D eigenvalue weighted by Crippen LogP contribution is -2.28. The van der Waals surface area contributed by atoms with Gasteiger partial charge in [-0.3, -0.25) is 9.59 Å². The van der Waals surface area contributed by atoms with E-state index in [0.29, 0.717) is 24.4 Å². The van der Waals surface area contributed by atoms with Gasteiger partial charge in [0.2, 0.25) is 5.91 Å². The fraction of sp³-hybridized carbons (Fsp3) is 0.333. The topological polar surface area (TPSA) is 76.7 Å². The Morgan fingerprint density at radius 2 is 1.79 bits per heavy atom. The van der Waals surface area contributed by atoms with Crippen molar-refractivity contribution >= 4 is 29.3 Å². The molecule has 0 bridgehead atoms. The van der Waals surface area contributed by atoms with Gasteiger partial charge < -0.3 is 20.1 Å². The zero-order chi connectivity index (χ0) is 20.4. The number of hydrogen-bond acceptors (Lipinski definition) is 5. The molecule has 0 fully saturated rings. The second kappa shape index (κ2) is 11.4. The van der Waals surface area contributed by atoms with E-state index in [4.69, 9.17) is 9.47 Å². The number of thioether (sulfide) groups is 1. The van der Waals surface area contributed by atoms with E-state index in [1.807, 2.05) is 31.2 Å². The molecule has 0 aliphatic carbocycles. The van der Waals surface area contributed by atoms with Crippen LogP contribution >= 0.6 is 11.8 Å². The van der Waals surface area contributed by atoms with Crippen LogP contribution in [0.4, 0.5) is 5.69 Å². The first-order chi connectivity index (χ1) is 13.5. The molecule has 28 heavy (non-hydrogen) atoms. The van der Waals surface area contributed by atoms with E-state index in [1.165, 1.54) is 11.8 Å². The number of benzene rings is 2. The molecule has 0 aromatic heterocycles. The molecule has 0 saturated heterocycles. The Labute approximate surface area is 170 Å². The van der Waals surface area contributed by atoms with Gasteiger partial charge >= 0.3 is 0 Å². The van der Waals surface area contributed by atoms with E-state index < -0.39 is 0 Å². The summed E-state index contributed by atoms with van der Waals surface area (Å²) in [6.45, 7) is 2.93. The summed E-state index contributed by atoms with van der Waals surface area (Å²) in [6.07, 6.45) is 0.728. The van der Waals surface area contributed by atoms with Crippen molar-refractivity contribution in [1.29, 1.82) is 0 Å². The smallest absolute Gasteiger partial charge is 0.253 e. The van der Waals surface area contributed by atoms with Crippen LogP contribution in [-0.4, -0.2) is 44.4 Å². The molecule has 2 aromatic rings. The zero-order valence-electron chi connectivity index (χ0n) is 16.4. The predicted octanol–water partition coefficient (Wildman–Crippen LogP) is 3.58. The number of nitrogens with one attached hydrogen (secondary N) is 2. The van der Waals surface area contributed by atoms with Gasteiger partial charge in [0.15, 0.2) is 0 Å². The van der Waals surface area contributed by atoms with Gasteiger partial charge in [-0.25, -0.2) is 0 Å². The van der Waals surface area contributed by atoms with E-state index >= 15 is 0 Å². The van der Waals surface area contributed by atoms with Gasteiger partial charge in [0.1, 0.15) is 5.75 Å². The minimum Gasteiger partial charge on any atom is -0.497 e. The molecule has 150 valence electrons. The van der Waals surface area contributed by atoms with Crippen LogP contribution in [0.15, 0.2) is 53.4 Å². The number of ether oxygens (including phenoxy) is 2. The molecule has 2 N–H and O–H groups in total. The van der Waals surface area contributed by atoms with Gasteiger partial charge in [-0.15, -0.1) is 11.8 Å². The van der Waals surface area contributed by atoms with Crippen molar-refractivity contribution in [2.75, 3.05) is 32.7 Å². The van der Waals surface area contributed by atoms with Crippen molar-refractivity contribution in [2.24, 2.45) is 0 Å². The second-order valence-corrected chi connectivity index (χ2v) is 7.49. The number of carbonyl (C=O) groups excluding carboxylic acids is 2. The van der Waals surface area contributed by atoms with Crippen molar-refractivity contribution in [3.05, 3.63) is 54.1 Å². The Morgan fingerprint density at radius 1 is 1.07 bits per heavy atom. The molecule has 0 saturated carbocycles. The lowest BCUT2D eigenvalue weighted by molar-refractivity contribution is -0.115. The number of rotatable bonds is 10. The summed E-state index contributed by atoms with van der Waals surface area (Å²) in [5.74, 6) is 0.384. The van der Waals surface area contributed by atoms with Crippen molar-refractivity contribution in [1.82, 2.24) is 5.32 Å². The quantitative estimate of drug-likeness (QED) is 0.469. The standard InChI is InChI=1S/C21H26N2O4S/c1-15(28-17-11-9-16(27-3)10-12-17)20(24)23-19-8-5-4-7-18(19)21(25)22-13-6-14-26-2/h4-5,7-12,15H,6,13-14H2,1-3H3,(H,22,25)(H,23,24)/t15-/m1/s1. The van der Waals surface area contributed by atoms with Gasteiger partial charge in [0.25, 0.3) is 5.91 Å². The molecule has 0 heterocycles. The first-order valence-corrected chi connectivity index (χ1v) is 9.91. The average molecular weight is 403 g/mol. The van der Waals surface area contributed by atoms with Crippen LogP contribution in [0, 0.1) is 0 Å². The monoisotopic (exact) mass is 402 g/mol. The summed E-state index contributed by atoms with van der Waals surface area (Å²) in [4.78, 5) is 26.0. The van der Waals surface area contributed by atoms with E-state index in [0.717, 1.165) is 17.1 Å². The first kappa shape index (κ1) is 21.8. The van der Waals surface area contributed by atoms with Crippen molar-refractivity contribution in [3.8, 4) is 5.75 Å². The Bertz CT molecular complexity index is 780. The van der Waals surface area contributed by atoms with Gasteiger partial charge in [-0.05, 0) is 49.7 Å².